The van der Waals surface area contributed by atoms with E-state index < -0.39 is 5.97 Å². The van der Waals surface area contributed by atoms with Crippen LogP contribution in [0.2, 0.25) is 0 Å². The first-order valence-electron chi connectivity index (χ1n) is 13.2. The summed E-state index contributed by atoms with van der Waals surface area (Å²) < 4.78 is 10.8. The van der Waals surface area contributed by atoms with Gasteiger partial charge in [-0.2, -0.15) is 0 Å². The van der Waals surface area contributed by atoms with Crippen molar-refractivity contribution >= 4 is 11.9 Å². The monoisotopic (exact) mass is 500 g/mol. The number of rotatable bonds is 10. The van der Waals surface area contributed by atoms with E-state index in [1.165, 1.54) is 18.4 Å². The van der Waals surface area contributed by atoms with Gasteiger partial charge in [0, 0.05) is 6.04 Å². The molecule has 2 atom stereocenters. The molecule has 1 fully saturated rings. The maximum absolute atomic E-state index is 13.4. The molecule has 1 aliphatic rings. The minimum absolute atomic E-state index is 0.105. The maximum Gasteiger partial charge on any atom is 0.341 e. The number of piperidine rings is 1. The van der Waals surface area contributed by atoms with Crippen LogP contribution in [0.4, 0.5) is 0 Å². The highest BCUT2D eigenvalue weighted by Crippen LogP contribution is 2.32. The fourth-order valence-electron chi connectivity index (χ4n) is 4.92. The average Bonchev–Trinajstić information content (AvgIpc) is 2.93. The Hall–Kier alpha value is -3.64. The molecule has 0 aromatic heterocycles. The summed E-state index contributed by atoms with van der Waals surface area (Å²) >= 11 is 0. The van der Waals surface area contributed by atoms with Gasteiger partial charge >= 0.3 is 5.97 Å². The van der Waals surface area contributed by atoms with Crippen molar-refractivity contribution in [3.63, 3.8) is 0 Å². The Kier molecular flexibility index (Phi) is 9.33. The first-order valence-corrected chi connectivity index (χ1v) is 13.2. The van der Waals surface area contributed by atoms with Gasteiger partial charge < -0.3 is 20.1 Å². The fraction of sp³-hybridized carbons (Fsp3) is 0.355. The molecule has 1 amide bonds. The van der Waals surface area contributed by atoms with Crippen LogP contribution in [0.3, 0.4) is 0 Å². The SMILES string of the molecule is CCOC(=O)c1ccc(CC(=O)NC(c2ccccc2)c2ccccc2C2CCCCN2)cc1OCC. The second kappa shape index (κ2) is 13.1. The van der Waals surface area contributed by atoms with E-state index in [0.29, 0.717) is 17.9 Å². The first-order chi connectivity index (χ1) is 18.1. The quantitative estimate of drug-likeness (QED) is 0.358. The number of carbonyl (C=O) groups excluding carboxylic acids is 2. The van der Waals surface area contributed by atoms with Crippen LogP contribution in [-0.4, -0.2) is 31.6 Å². The molecule has 6 nitrogen and oxygen atoms in total. The van der Waals surface area contributed by atoms with Gasteiger partial charge in [0.1, 0.15) is 11.3 Å². The molecule has 0 radical (unpaired) electrons. The zero-order valence-corrected chi connectivity index (χ0v) is 21.7. The van der Waals surface area contributed by atoms with Crippen molar-refractivity contribution < 1.29 is 19.1 Å². The Balaban J connectivity index is 1.59. The topological polar surface area (TPSA) is 76.7 Å². The van der Waals surface area contributed by atoms with Crippen molar-refractivity contribution in [2.45, 2.75) is 51.6 Å². The van der Waals surface area contributed by atoms with Crippen LogP contribution in [0.5, 0.6) is 5.75 Å². The van der Waals surface area contributed by atoms with Gasteiger partial charge in [0.05, 0.1) is 25.7 Å². The molecular weight excluding hydrogens is 464 g/mol. The summed E-state index contributed by atoms with van der Waals surface area (Å²) in [5, 5.41) is 6.94. The average molecular weight is 501 g/mol. The zero-order chi connectivity index (χ0) is 26.0. The molecule has 0 aliphatic carbocycles. The lowest BCUT2D eigenvalue weighted by Crippen LogP contribution is -2.33. The summed E-state index contributed by atoms with van der Waals surface area (Å²) in [6.45, 7) is 5.32. The van der Waals surface area contributed by atoms with Crippen molar-refractivity contribution in [3.05, 3.63) is 101 Å². The third kappa shape index (κ3) is 6.77. The Morgan fingerprint density at radius 2 is 1.76 bits per heavy atom. The van der Waals surface area contributed by atoms with Crippen molar-refractivity contribution in [2.75, 3.05) is 19.8 Å². The molecule has 3 aromatic carbocycles. The number of ether oxygens (including phenoxy) is 2. The first kappa shape index (κ1) is 26.4. The molecule has 0 spiro atoms. The van der Waals surface area contributed by atoms with E-state index in [-0.39, 0.29) is 31.0 Å². The third-order valence-electron chi connectivity index (χ3n) is 6.64. The lowest BCUT2D eigenvalue weighted by molar-refractivity contribution is -0.120. The summed E-state index contributed by atoms with van der Waals surface area (Å²) in [6.07, 6.45) is 3.63. The van der Waals surface area contributed by atoms with E-state index in [2.05, 4.69) is 41.0 Å². The van der Waals surface area contributed by atoms with E-state index in [0.717, 1.165) is 29.7 Å². The summed E-state index contributed by atoms with van der Waals surface area (Å²) in [5.41, 5.74) is 4.50. The predicted octanol–water partition coefficient (Wildman–Crippen LogP) is 5.52. The highest BCUT2D eigenvalue weighted by molar-refractivity contribution is 5.93. The molecule has 3 aromatic rings. The van der Waals surface area contributed by atoms with Crippen molar-refractivity contribution in [1.82, 2.24) is 10.6 Å². The second-order valence-corrected chi connectivity index (χ2v) is 9.20. The summed E-state index contributed by atoms with van der Waals surface area (Å²) in [5.74, 6) is -0.106. The summed E-state index contributed by atoms with van der Waals surface area (Å²) in [7, 11) is 0. The second-order valence-electron chi connectivity index (χ2n) is 9.20. The van der Waals surface area contributed by atoms with E-state index in [4.69, 9.17) is 9.47 Å². The Morgan fingerprint density at radius 3 is 2.49 bits per heavy atom. The molecule has 2 N–H and O–H groups in total. The van der Waals surface area contributed by atoms with E-state index in [1.54, 1.807) is 25.1 Å². The van der Waals surface area contributed by atoms with Crippen molar-refractivity contribution in [3.8, 4) is 5.75 Å². The maximum atomic E-state index is 13.4. The minimum Gasteiger partial charge on any atom is -0.493 e. The molecule has 1 aliphatic heterocycles. The zero-order valence-electron chi connectivity index (χ0n) is 21.7. The molecule has 2 unspecified atom stereocenters. The predicted molar refractivity (Wildman–Crippen MR) is 145 cm³/mol. The van der Waals surface area contributed by atoms with Gasteiger partial charge in [0.2, 0.25) is 5.91 Å². The number of hydrogen-bond donors (Lipinski definition) is 2. The number of benzene rings is 3. The molecule has 4 rings (SSSR count). The Bertz CT molecular complexity index is 1190. The Labute approximate surface area is 219 Å². The van der Waals surface area contributed by atoms with Crippen molar-refractivity contribution in [2.24, 2.45) is 0 Å². The van der Waals surface area contributed by atoms with Crippen LogP contribution in [0.25, 0.3) is 0 Å². The van der Waals surface area contributed by atoms with E-state index in [9.17, 15) is 9.59 Å². The van der Waals surface area contributed by atoms with E-state index >= 15 is 0 Å². The largest absolute Gasteiger partial charge is 0.493 e. The molecular formula is C31H36N2O4. The molecule has 6 heteroatoms. The molecule has 1 heterocycles. The van der Waals surface area contributed by atoms with Crippen LogP contribution in [0.15, 0.2) is 72.8 Å². The smallest absolute Gasteiger partial charge is 0.341 e. The summed E-state index contributed by atoms with van der Waals surface area (Å²) in [4.78, 5) is 25.7. The van der Waals surface area contributed by atoms with E-state index in [1.807, 2.05) is 31.2 Å². The lowest BCUT2D eigenvalue weighted by atomic mass is 9.88. The Morgan fingerprint density at radius 1 is 0.973 bits per heavy atom. The molecule has 0 saturated carbocycles. The van der Waals surface area contributed by atoms with Gasteiger partial charge in [-0.3, -0.25) is 4.79 Å². The number of esters is 1. The standard InChI is InChI=1S/C31H36N2O4/c1-3-36-28-20-22(17-18-26(28)31(35)37-4-2)21-29(34)33-30(23-12-6-5-7-13-23)25-15-9-8-14-24(25)27-16-10-11-19-32-27/h5-9,12-15,17-18,20,27,30,32H,3-4,10-11,16,19,21H2,1-2H3,(H,33,34). The van der Waals surface area contributed by atoms with Gasteiger partial charge in [-0.25, -0.2) is 4.79 Å². The van der Waals surface area contributed by atoms with Gasteiger partial charge in [-0.15, -0.1) is 0 Å². The number of nitrogens with one attached hydrogen (secondary N) is 2. The van der Waals surface area contributed by atoms with Crippen LogP contribution in [-0.2, 0) is 16.0 Å². The van der Waals surface area contributed by atoms with Gasteiger partial charge in [-0.1, -0.05) is 67.1 Å². The highest BCUT2D eigenvalue weighted by atomic mass is 16.5. The fourth-order valence-corrected chi connectivity index (χ4v) is 4.92. The highest BCUT2D eigenvalue weighted by Gasteiger charge is 2.25. The number of hydrogen-bond acceptors (Lipinski definition) is 5. The molecule has 1 saturated heterocycles. The summed E-state index contributed by atoms with van der Waals surface area (Å²) in [6, 6.07) is 23.7. The minimum atomic E-state index is -0.431. The van der Waals surface area contributed by atoms with Crippen LogP contribution in [0, 0.1) is 0 Å². The molecule has 0 bridgehead atoms. The van der Waals surface area contributed by atoms with Gasteiger partial charge in [0.15, 0.2) is 0 Å². The van der Waals surface area contributed by atoms with Crippen LogP contribution < -0.4 is 15.4 Å². The number of carbonyl (C=O) groups is 2. The third-order valence-corrected chi connectivity index (χ3v) is 6.64. The lowest BCUT2D eigenvalue weighted by Gasteiger charge is -2.29. The van der Waals surface area contributed by atoms with Crippen LogP contribution in [0.1, 0.15) is 77.8 Å². The van der Waals surface area contributed by atoms with Gasteiger partial charge in [0.25, 0.3) is 0 Å². The molecule has 194 valence electrons. The van der Waals surface area contributed by atoms with Gasteiger partial charge in [-0.05, 0) is 67.6 Å². The van der Waals surface area contributed by atoms with Crippen LogP contribution >= 0.6 is 0 Å². The molecule has 37 heavy (non-hydrogen) atoms. The normalized spacial score (nSPS) is 16.0. The van der Waals surface area contributed by atoms with Crippen molar-refractivity contribution in [1.29, 1.82) is 0 Å². The number of amides is 1.